The lowest BCUT2D eigenvalue weighted by atomic mass is 10.8. The number of hydrogen-bond acceptors (Lipinski definition) is 8. The van der Waals surface area contributed by atoms with E-state index < -0.39 is 0 Å². The Bertz CT molecular complexity index is 398. The fourth-order valence-electron chi connectivity index (χ4n) is 0.978. The van der Waals surface area contributed by atoms with E-state index in [-0.39, 0.29) is 0 Å². The smallest absolute Gasteiger partial charge is 0.229 e. The Morgan fingerprint density at radius 1 is 0.889 bits per heavy atom. The molecule has 0 radical (unpaired) electrons. The number of nitrogens with zero attached hydrogens (tertiary/aromatic N) is 5. The lowest BCUT2D eigenvalue weighted by Crippen LogP contribution is -2.06. The quantitative estimate of drug-likeness (QED) is 0.607. The van der Waals surface area contributed by atoms with Gasteiger partial charge in [0.15, 0.2) is 0 Å². The summed E-state index contributed by atoms with van der Waals surface area (Å²) in [5.41, 5.74) is 0. The number of rotatable bonds is 3. The van der Waals surface area contributed by atoms with Gasteiger partial charge in [-0.25, -0.2) is 4.98 Å². The Balaban J connectivity index is 0.000000225. The van der Waals surface area contributed by atoms with E-state index in [1.54, 1.807) is 21.1 Å². The number of anilines is 3. The highest BCUT2D eigenvalue weighted by Crippen LogP contribution is 2.06. The van der Waals surface area contributed by atoms with Crippen molar-refractivity contribution in [2.45, 2.75) is 6.92 Å². The van der Waals surface area contributed by atoms with Crippen molar-refractivity contribution in [1.29, 1.82) is 0 Å². The molecule has 0 unspecified atom stereocenters. The molecule has 0 aliphatic carbocycles. The molecule has 2 rings (SSSR count). The minimum Gasteiger partial charge on any atom is -0.357 e. The van der Waals surface area contributed by atoms with Crippen LogP contribution in [0.3, 0.4) is 0 Å². The van der Waals surface area contributed by atoms with E-state index in [0.29, 0.717) is 17.8 Å². The highest BCUT2D eigenvalue weighted by atomic mass is 15.3. The second-order valence-electron chi connectivity index (χ2n) is 3.13. The van der Waals surface area contributed by atoms with Crippen LogP contribution in [-0.4, -0.2) is 51.3 Å². The van der Waals surface area contributed by atoms with Gasteiger partial charge in [0.25, 0.3) is 0 Å². The van der Waals surface area contributed by atoms with Crippen molar-refractivity contribution >= 4 is 17.8 Å². The average molecular weight is 251 g/mol. The lowest BCUT2D eigenvalue weighted by molar-refractivity contribution is 1.04. The van der Waals surface area contributed by atoms with Gasteiger partial charge in [0, 0.05) is 21.1 Å². The van der Waals surface area contributed by atoms with Gasteiger partial charge in [-0.2, -0.15) is 20.1 Å². The van der Waals surface area contributed by atoms with Crippen LogP contribution in [0.1, 0.15) is 5.82 Å². The van der Waals surface area contributed by atoms with Gasteiger partial charge in [0.1, 0.15) is 12.2 Å². The van der Waals surface area contributed by atoms with E-state index in [4.69, 9.17) is 0 Å². The van der Waals surface area contributed by atoms with Crippen molar-refractivity contribution in [2.75, 3.05) is 37.1 Å². The molecule has 2 aromatic heterocycles. The van der Waals surface area contributed by atoms with E-state index in [1.165, 1.54) is 6.33 Å². The van der Waals surface area contributed by atoms with E-state index in [0.717, 1.165) is 5.82 Å². The number of aryl methyl sites for hydroxylation is 1. The van der Waals surface area contributed by atoms with Gasteiger partial charge in [-0.3, -0.25) is 5.10 Å². The number of H-pyrrole nitrogens is 1. The maximum Gasteiger partial charge on any atom is 0.229 e. The van der Waals surface area contributed by atoms with Gasteiger partial charge in [-0.15, -0.1) is 0 Å². The van der Waals surface area contributed by atoms with Crippen molar-refractivity contribution in [3.8, 4) is 0 Å². The first-order chi connectivity index (χ1) is 8.69. The molecule has 0 amide bonds. The van der Waals surface area contributed by atoms with Crippen molar-refractivity contribution in [1.82, 2.24) is 30.1 Å². The summed E-state index contributed by atoms with van der Waals surface area (Å²) in [6, 6.07) is 0. The Hall–Kier alpha value is -2.45. The van der Waals surface area contributed by atoms with Crippen molar-refractivity contribution in [2.24, 2.45) is 0 Å². The van der Waals surface area contributed by atoms with Gasteiger partial charge < -0.3 is 16.0 Å². The molecule has 2 heterocycles. The highest BCUT2D eigenvalue weighted by molar-refractivity contribution is 5.40. The largest absolute Gasteiger partial charge is 0.357 e. The van der Waals surface area contributed by atoms with Gasteiger partial charge in [-0.05, 0) is 6.92 Å². The van der Waals surface area contributed by atoms with Gasteiger partial charge in [0.2, 0.25) is 17.8 Å². The van der Waals surface area contributed by atoms with Crippen molar-refractivity contribution < 1.29 is 0 Å². The maximum absolute atomic E-state index is 4.03. The van der Waals surface area contributed by atoms with Crippen LogP contribution < -0.4 is 16.0 Å². The third kappa shape index (κ3) is 4.20. The third-order valence-electron chi connectivity index (χ3n) is 1.84. The monoisotopic (exact) mass is 251 g/mol. The number of aromatic amines is 1. The topological polar surface area (TPSA) is 116 Å². The third-order valence-corrected chi connectivity index (χ3v) is 1.84. The van der Waals surface area contributed by atoms with Crippen LogP contribution in [-0.2, 0) is 0 Å². The fraction of sp³-hybridized carbons (Fsp3) is 0.444. The first kappa shape index (κ1) is 13.6. The molecular weight excluding hydrogens is 234 g/mol. The molecule has 0 fully saturated rings. The lowest BCUT2D eigenvalue weighted by Gasteiger charge is -2.04. The first-order valence-electron chi connectivity index (χ1n) is 5.31. The molecule has 0 spiro atoms. The molecule has 2 aromatic rings. The molecule has 9 nitrogen and oxygen atoms in total. The second kappa shape index (κ2) is 6.99. The Labute approximate surface area is 105 Å². The van der Waals surface area contributed by atoms with Crippen molar-refractivity contribution in [3.63, 3.8) is 0 Å². The zero-order valence-corrected chi connectivity index (χ0v) is 10.8. The molecule has 18 heavy (non-hydrogen) atoms. The molecule has 0 aliphatic heterocycles. The molecule has 0 aromatic carbocycles. The summed E-state index contributed by atoms with van der Waals surface area (Å²) >= 11 is 0. The maximum atomic E-state index is 4.03. The minimum absolute atomic E-state index is 0.540. The summed E-state index contributed by atoms with van der Waals surface area (Å²) < 4.78 is 0. The summed E-state index contributed by atoms with van der Waals surface area (Å²) in [4.78, 5) is 15.9. The SMILES string of the molecule is CNc1nc(NC)nc(NC)n1.Cc1ncn[nH]1. The fourth-order valence-corrected chi connectivity index (χ4v) is 0.978. The zero-order chi connectivity index (χ0) is 13.4. The predicted octanol–water partition coefficient (Wildman–Crippen LogP) is 0.110. The van der Waals surface area contributed by atoms with Gasteiger partial charge in [0.05, 0.1) is 0 Å². The molecule has 0 atom stereocenters. The van der Waals surface area contributed by atoms with E-state index in [1.807, 2.05) is 6.92 Å². The standard InChI is InChI=1S/C6H12N6.C3H5N3/c1-7-4-10-5(8-2)12-6(9-3)11-4;1-3-4-2-5-6-3/h1-3H3,(H3,7,8,9,10,11,12);2H,1H3,(H,4,5,6). The van der Waals surface area contributed by atoms with Crippen LogP contribution in [0, 0.1) is 6.92 Å². The van der Waals surface area contributed by atoms with Crippen LogP contribution in [0.15, 0.2) is 6.33 Å². The second-order valence-corrected chi connectivity index (χ2v) is 3.13. The first-order valence-corrected chi connectivity index (χ1v) is 5.31. The molecule has 0 aliphatic rings. The van der Waals surface area contributed by atoms with E-state index in [9.17, 15) is 0 Å². The molecule has 0 bridgehead atoms. The molecule has 0 saturated heterocycles. The number of hydrogen-bond donors (Lipinski definition) is 4. The van der Waals surface area contributed by atoms with Crippen LogP contribution in [0.2, 0.25) is 0 Å². The Morgan fingerprint density at radius 2 is 1.33 bits per heavy atom. The van der Waals surface area contributed by atoms with Crippen LogP contribution >= 0.6 is 0 Å². The van der Waals surface area contributed by atoms with Gasteiger partial charge in [-0.1, -0.05) is 0 Å². The van der Waals surface area contributed by atoms with Crippen LogP contribution in [0.4, 0.5) is 17.8 Å². The summed E-state index contributed by atoms with van der Waals surface area (Å²) in [6.45, 7) is 1.85. The Kier molecular flexibility index (Phi) is 5.29. The van der Waals surface area contributed by atoms with Crippen molar-refractivity contribution in [3.05, 3.63) is 12.2 Å². The number of aromatic nitrogens is 6. The highest BCUT2D eigenvalue weighted by Gasteiger charge is 2.00. The summed E-state index contributed by atoms with van der Waals surface area (Å²) in [7, 11) is 5.27. The summed E-state index contributed by atoms with van der Waals surface area (Å²) in [6.07, 6.45) is 1.48. The Morgan fingerprint density at radius 3 is 1.50 bits per heavy atom. The molecule has 4 N–H and O–H groups in total. The average Bonchev–Trinajstić information content (AvgIpc) is 2.89. The van der Waals surface area contributed by atoms with Gasteiger partial charge >= 0.3 is 0 Å². The van der Waals surface area contributed by atoms with E-state index in [2.05, 4.69) is 46.1 Å². The molecule has 0 saturated carbocycles. The van der Waals surface area contributed by atoms with E-state index >= 15 is 0 Å². The zero-order valence-electron chi connectivity index (χ0n) is 10.8. The van der Waals surface area contributed by atoms with Crippen LogP contribution in [0.5, 0.6) is 0 Å². The molecule has 9 heteroatoms. The summed E-state index contributed by atoms with van der Waals surface area (Å²) in [5, 5.41) is 14.7. The molecular formula is C9H17N9. The summed E-state index contributed by atoms with van der Waals surface area (Å²) in [5.74, 6) is 2.48. The molecule has 98 valence electrons. The number of nitrogens with one attached hydrogen (secondary N) is 4. The van der Waals surface area contributed by atoms with Crippen LogP contribution in [0.25, 0.3) is 0 Å². The minimum atomic E-state index is 0.540. The predicted molar refractivity (Wildman–Crippen MR) is 69.6 cm³/mol. The normalized spacial score (nSPS) is 9.11.